The minimum Gasteiger partial charge on any atom is -0.493 e. The largest absolute Gasteiger partial charge is 0.573 e. The van der Waals surface area contributed by atoms with Crippen molar-refractivity contribution >= 4 is 5.97 Å². The molecule has 1 aliphatic heterocycles. The van der Waals surface area contributed by atoms with Gasteiger partial charge >= 0.3 is 12.3 Å². The molecule has 0 aliphatic carbocycles. The van der Waals surface area contributed by atoms with Gasteiger partial charge in [0.05, 0.1) is 7.11 Å². The second-order valence-corrected chi connectivity index (χ2v) is 5.36. The Morgan fingerprint density at radius 1 is 1.11 bits per heavy atom. The highest BCUT2D eigenvalue weighted by atomic mass is 19.4. The summed E-state index contributed by atoms with van der Waals surface area (Å²) in [4.78, 5) is 11.5. The molecule has 0 amide bonds. The highest BCUT2D eigenvalue weighted by Crippen LogP contribution is 2.43. The Bertz CT molecular complexity index is 911. The van der Waals surface area contributed by atoms with Crippen LogP contribution in [0.3, 0.4) is 0 Å². The number of methoxy groups -OCH3 is 1. The van der Waals surface area contributed by atoms with Crippen LogP contribution < -0.4 is 23.7 Å². The molecule has 0 aromatic heterocycles. The zero-order valence-electron chi connectivity index (χ0n) is 14.1. The number of carboxylic acid groups (broad SMARTS) is 1. The van der Waals surface area contributed by atoms with E-state index in [1.165, 1.54) is 0 Å². The van der Waals surface area contributed by atoms with Crippen molar-refractivity contribution in [1.82, 2.24) is 0 Å². The minimum absolute atomic E-state index is 0.0394. The lowest BCUT2D eigenvalue weighted by molar-refractivity contribution is -0.274. The highest BCUT2D eigenvalue weighted by Gasteiger charge is 2.32. The standard InChI is InChI=1S/C17H12F4O7/c1-24-10-6-8(28-17(19,20)21)2-3-9(10)27-11-7-12-15(26-5-4-25-12)14(18)13(11)16(22)23/h2-3,6-7H,4-5H2,1H3,(H,22,23). The van der Waals surface area contributed by atoms with Crippen LogP contribution in [0.5, 0.6) is 34.5 Å². The third-order valence-corrected chi connectivity index (χ3v) is 3.54. The van der Waals surface area contributed by atoms with E-state index in [0.29, 0.717) is 0 Å². The molecule has 0 atom stereocenters. The van der Waals surface area contributed by atoms with Gasteiger partial charge in [0.2, 0.25) is 0 Å². The van der Waals surface area contributed by atoms with Gasteiger partial charge in [0.15, 0.2) is 28.8 Å². The molecule has 3 rings (SSSR count). The van der Waals surface area contributed by atoms with Crippen LogP contribution in [0.2, 0.25) is 0 Å². The predicted octanol–water partition coefficient (Wildman–Crippen LogP) is 3.99. The zero-order valence-corrected chi connectivity index (χ0v) is 14.1. The first kappa shape index (κ1) is 19.4. The van der Waals surface area contributed by atoms with Gasteiger partial charge < -0.3 is 28.8 Å². The van der Waals surface area contributed by atoms with Gasteiger partial charge in [0.1, 0.15) is 30.3 Å². The molecule has 28 heavy (non-hydrogen) atoms. The summed E-state index contributed by atoms with van der Waals surface area (Å²) in [6, 6.07) is 3.98. The van der Waals surface area contributed by atoms with E-state index in [4.69, 9.17) is 18.9 Å². The first-order chi connectivity index (χ1) is 13.2. The lowest BCUT2D eigenvalue weighted by Crippen LogP contribution is -2.18. The van der Waals surface area contributed by atoms with Gasteiger partial charge in [-0.15, -0.1) is 13.2 Å². The first-order valence-corrected chi connectivity index (χ1v) is 7.66. The maximum absolute atomic E-state index is 14.6. The molecule has 7 nitrogen and oxygen atoms in total. The fourth-order valence-corrected chi connectivity index (χ4v) is 2.45. The van der Waals surface area contributed by atoms with Gasteiger partial charge in [-0.25, -0.2) is 9.18 Å². The Hall–Kier alpha value is -3.37. The number of carbonyl (C=O) groups is 1. The van der Waals surface area contributed by atoms with Crippen molar-refractivity contribution in [2.45, 2.75) is 6.36 Å². The van der Waals surface area contributed by atoms with Crippen molar-refractivity contribution in [3.05, 3.63) is 35.6 Å². The zero-order chi connectivity index (χ0) is 20.5. The van der Waals surface area contributed by atoms with Crippen LogP contribution in [0.4, 0.5) is 17.6 Å². The number of ether oxygens (including phenoxy) is 5. The first-order valence-electron chi connectivity index (χ1n) is 7.66. The van der Waals surface area contributed by atoms with E-state index >= 15 is 0 Å². The summed E-state index contributed by atoms with van der Waals surface area (Å²) in [6.07, 6.45) is -4.91. The van der Waals surface area contributed by atoms with Gasteiger partial charge in [-0.1, -0.05) is 0 Å². The summed E-state index contributed by atoms with van der Waals surface area (Å²) < 4.78 is 76.0. The number of halogens is 4. The molecule has 0 spiro atoms. The van der Waals surface area contributed by atoms with Crippen molar-refractivity contribution in [3.63, 3.8) is 0 Å². The van der Waals surface area contributed by atoms with Gasteiger partial charge in [-0.3, -0.25) is 0 Å². The Morgan fingerprint density at radius 3 is 2.46 bits per heavy atom. The normalized spacial score (nSPS) is 13.0. The van der Waals surface area contributed by atoms with Crippen LogP contribution in [0.15, 0.2) is 24.3 Å². The van der Waals surface area contributed by atoms with E-state index in [-0.39, 0.29) is 36.2 Å². The van der Waals surface area contributed by atoms with Crippen molar-refractivity contribution < 1.29 is 51.1 Å². The van der Waals surface area contributed by atoms with E-state index < -0.39 is 35.2 Å². The van der Waals surface area contributed by atoms with Gasteiger partial charge in [0.25, 0.3) is 0 Å². The van der Waals surface area contributed by atoms with E-state index in [1.807, 2.05) is 0 Å². The molecular formula is C17H12F4O7. The molecule has 1 aliphatic rings. The SMILES string of the molecule is COc1cc(OC(F)(F)F)ccc1Oc1cc2c(c(F)c1C(=O)O)OCCO2. The smallest absolute Gasteiger partial charge is 0.493 e. The van der Waals surface area contributed by atoms with Gasteiger partial charge in [-0.2, -0.15) is 0 Å². The van der Waals surface area contributed by atoms with Crippen LogP contribution in [0.1, 0.15) is 10.4 Å². The fourth-order valence-electron chi connectivity index (χ4n) is 2.45. The third kappa shape index (κ3) is 3.97. The molecule has 0 saturated carbocycles. The van der Waals surface area contributed by atoms with E-state index in [1.54, 1.807) is 0 Å². The lowest BCUT2D eigenvalue weighted by Gasteiger charge is -2.21. The number of benzene rings is 2. The Labute approximate surface area is 154 Å². The maximum Gasteiger partial charge on any atom is 0.573 e. The Balaban J connectivity index is 2.01. The third-order valence-electron chi connectivity index (χ3n) is 3.54. The number of hydrogen-bond acceptors (Lipinski definition) is 6. The predicted molar refractivity (Wildman–Crippen MR) is 84.1 cm³/mol. The number of alkyl halides is 3. The van der Waals surface area contributed by atoms with Crippen LogP contribution in [0, 0.1) is 5.82 Å². The summed E-state index contributed by atoms with van der Waals surface area (Å²) in [5, 5.41) is 9.33. The molecule has 0 fully saturated rings. The van der Waals surface area contributed by atoms with Gasteiger partial charge in [0, 0.05) is 12.1 Å². The highest BCUT2D eigenvalue weighted by molar-refractivity contribution is 5.92. The van der Waals surface area contributed by atoms with Crippen LogP contribution in [0.25, 0.3) is 0 Å². The summed E-state index contributed by atoms with van der Waals surface area (Å²) in [5.41, 5.74) is -0.832. The Morgan fingerprint density at radius 2 is 1.82 bits per heavy atom. The van der Waals surface area contributed by atoms with Crippen molar-refractivity contribution in [2.75, 3.05) is 20.3 Å². The van der Waals surface area contributed by atoms with Crippen molar-refractivity contribution in [1.29, 1.82) is 0 Å². The topological polar surface area (TPSA) is 83.5 Å². The number of hydrogen-bond donors (Lipinski definition) is 1. The molecule has 0 saturated heterocycles. The molecule has 2 aromatic carbocycles. The average Bonchev–Trinajstić information content (AvgIpc) is 2.61. The molecule has 2 aromatic rings. The van der Waals surface area contributed by atoms with Crippen LogP contribution in [-0.2, 0) is 0 Å². The van der Waals surface area contributed by atoms with Crippen molar-refractivity contribution in [2.24, 2.45) is 0 Å². The summed E-state index contributed by atoms with van der Waals surface area (Å²) >= 11 is 0. The van der Waals surface area contributed by atoms with E-state index in [9.17, 15) is 27.5 Å². The maximum atomic E-state index is 14.6. The molecular weight excluding hydrogens is 392 g/mol. The number of aromatic carboxylic acids is 1. The van der Waals surface area contributed by atoms with E-state index in [2.05, 4.69) is 4.74 Å². The Kier molecular flexibility index (Phi) is 5.08. The molecule has 150 valence electrons. The van der Waals surface area contributed by atoms with Crippen LogP contribution in [-0.4, -0.2) is 37.8 Å². The monoisotopic (exact) mass is 404 g/mol. The molecule has 0 bridgehead atoms. The fraction of sp³-hybridized carbons (Fsp3) is 0.235. The van der Waals surface area contributed by atoms with Gasteiger partial charge in [-0.05, 0) is 12.1 Å². The molecule has 1 N–H and O–H groups in total. The number of fused-ring (bicyclic) bond motifs is 1. The van der Waals surface area contributed by atoms with Crippen molar-refractivity contribution in [3.8, 4) is 34.5 Å². The summed E-state index contributed by atoms with van der Waals surface area (Å²) in [6.45, 7) is 0.156. The molecule has 0 radical (unpaired) electrons. The number of rotatable bonds is 5. The van der Waals surface area contributed by atoms with Crippen LogP contribution >= 0.6 is 0 Å². The quantitative estimate of drug-likeness (QED) is 0.755. The summed E-state index contributed by atoms with van der Waals surface area (Å²) in [7, 11) is 1.15. The minimum atomic E-state index is -4.91. The second-order valence-electron chi connectivity index (χ2n) is 5.36. The average molecular weight is 404 g/mol. The lowest BCUT2D eigenvalue weighted by atomic mass is 10.1. The van der Waals surface area contributed by atoms with E-state index in [0.717, 1.165) is 31.4 Å². The second kappa shape index (κ2) is 7.33. The molecule has 11 heteroatoms. The molecule has 1 heterocycles. The molecule has 0 unspecified atom stereocenters. The summed E-state index contributed by atoms with van der Waals surface area (Å²) in [5.74, 6) is -4.67. The number of carboxylic acids is 1.